The van der Waals surface area contributed by atoms with E-state index in [1.807, 2.05) is 0 Å². The van der Waals surface area contributed by atoms with Crippen molar-refractivity contribution < 1.29 is 17.7 Å². The van der Waals surface area contributed by atoms with E-state index in [2.05, 4.69) is 0 Å². The molecule has 0 aliphatic heterocycles. The molecule has 0 heterocycles. The molecule has 1 N–H and O–H groups in total. The van der Waals surface area contributed by atoms with Gasteiger partial charge < -0.3 is 5.11 Å². The van der Waals surface area contributed by atoms with E-state index in [-0.39, 0.29) is 12.2 Å². The van der Waals surface area contributed by atoms with Crippen LogP contribution >= 0.6 is 0 Å². The number of aliphatic hydroxyl groups is 1. The van der Waals surface area contributed by atoms with Gasteiger partial charge in [0.15, 0.2) is 0 Å². The molecule has 5 heteroatoms. The van der Waals surface area contributed by atoms with Crippen LogP contribution in [-0.4, -0.2) is 32.0 Å². The first-order chi connectivity index (χ1) is 5.47. The molecule has 0 radical (unpaired) electrons. The van der Waals surface area contributed by atoms with Crippen LogP contribution in [0.3, 0.4) is 0 Å². The van der Waals surface area contributed by atoms with E-state index in [4.69, 9.17) is 9.29 Å². The second-order valence-corrected chi connectivity index (χ2v) is 4.83. The first kappa shape index (κ1) is 9.95. The molecular weight excluding hydrogens is 180 g/mol. The van der Waals surface area contributed by atoms with E-state index in [1.165, 1.54) is 0 Å². The lowest BCUT2D eigenvalue weighted by Gasteiger charge is -2.24. The molecule has 0 spiro atoms. The molecule has 0 atom stereocenters. The Morgan fingerprint density at radius 2 is 1.75 bits per heavy atom. The molecule has 1 aliphatic rings. The lowest BCUT2D eigenvalue weighted by atomic mass is 9.95. The summed E-state index contributed by atoms with van der Waals surface area (Å²) in [5.41, 5.74) is 0. The summed E-state index contributed by atoms with van der Waals surface area (Å²) in [6, 6.07) is 0. The lowest BCUT2D eigenvalue weighted by Crippen LogP contribution is -2.26. The fourth-order valence-electron chi connectivity index (χ4n) is 1.39. The quantitative estimate of drug-likeness (QED) is 0.641. The van der Waals surface area contributed by atoms with Crippen molar-refractivity contribution in [3.05, 3.63) is 0 Å². The largest absolute Gasteiger partial charge is 0.393 e. The van der Waals surface area contributed by atoms with Gasteiger partial charge in [-0.2, -0.15) is 8.42 Å². The molecule has 1 rings (SSSR count). The maximum Gasteiger partial charge on any atom is 0.264 e. The van der Waals surface area contributed by atoms with E-state index in [0.29, 0.717) is 25.7 Å². The number of hydrogen-bond donors (Lipinski definition) is 1. The third kappa shape index (κ3) is 3.51. The first-order valence-corrected chi connectivity index (χ1v) is 5.85. The third-order valence-electron chi connectivity index (χ3n) is 1.95. The van der Waals surface area contributed by atoms with E-state index in [9.17, 15) is 8.42 Å². The van der Waals surface area contributed by atoms with Crippen LogP contribution in [0.25, 0.3) is 0 Å². The molecule has 0 amide bonds. The van der Waals surface area contributed by atoms with Crippen LogP contribution in [0.4, 0.5) is 0 Å². The number of rotatable bonds is 2. The van der Waals surface area contributed by atoms with Crippen LogP contribution in [0.5, 0.6) is 0 Å². The zero-order chi connectivity index (χ0) is 9.19. The van der Waals surface area contributed by atoms with Gasteiger partial charge >= 0.3 is 0 Å². The van der Waals surface area contributed by atoms with Gasteiger partial charge in [0.25, 0.3) is 10.1 Å². The summed E-state index contributed by atoms with van der Waals surface area (Å²) in [5, 5.41) is 9.12. The van der Waals surface area contributed by atoms with Gasteiger partial charge in [-0.25, -0.2) is 0 Å². The topological polar surface area (TPSA) is 63.6 Å². The molecule has 0 aromatic carbocycles. The van der Waals surface area contributed by atoms with Crippen molar-refractivity contribution in [2.75, 3.05) is 6.26 Å². The monoisotopic (exact) mass is 194 g/mol. The SMILES string of the molecule is CS(=O)(=O)O[C@H]1CC[C@@H](O)CC1. The normalized spacial score (nSPS) is 31.8. The highest BCUT2D eigenvalue weighted by Crippen LogP contribution is 2.21. The third-order valence-corrected chi connectivity index (χ3v) is 2.58. The van der Waals surface area contributed by atoms with Crippen molar-refractivity contribution in [3.8, 4) is 0 Å². The Kier molecular flexibility index (Phi) is 3.09. The Morgan fingerprint density at radius 3 is 2.17 bits per heavy atom. The number of aliphatic hydroxyl groups excluding tert-OH is 1. The van der Waals surface area contributed by atoms with Crippen LogP contribution in [0.1, 0.15) is 25.7 Å². The summed E-state index contributed by atoms with van der Waals surface area (Å²) in [5.74, 6) is 0. The average molecular weight is 194 g/mol. The number of hydrogen-bond acceptors (Lipinski definition) is 4. The Morgan fingerprint density at radius 1 is 1.25 bits per heavy atom. The van der Waals surface area contributed by atoms with Crippen LogP contribution in [0.15, 0.2) is 0 Å². The van der Waals surface area contributed by atoms with E-state index in [0.717, 1.165) is 6.26 Å². The van der Waals surface area contributed by atoms with Crippen molar-refractivity contribution in [2.45, 2.75) is 37.9 Å². The Hall–Kier alpha value is -0.130. The summed E-state index contributed by atoms with van der Waals surface area (Å²) in [6.45, 7) is 0. The summed E-state index contributed by atoms with van der Waals surface area (Å²) >= 11 is 0. The molecule has 72 valence electrons. The fourth-order valence-corrected chi connectivity index (χ4v) is 2.08. The van der Waals surface area contributed by atoms with Crippen molar-refractivity contribution in [1.82, 2.24) is 0 Å². The van der Waals surface area contributed by atoms with Gasteiger partial charge in [0.2, 0.25) is 0 Å². The highest BCUT2D eigenvalue weighted by Gasteiger charge is 2.22. The standard InChI is InChI=1S/C7H14O4S/c1-12(9,10)11-7-4-2-6(8)3-5-7/h6-8H,2-5H2,1H3/t6-,7+. The molecule has 0 bridgehead atoms. The van der Waals surface area contributed by atoms with Crippen LogP contribution in [0.2, 0.25) is 0 Å². The van der Waals surface area contributed by atoms with Gasteiger partial charge in [0.05, 0.1) is 18.5 Å². The predicted molar refractivity (Wildman–Crippen MR) is 44.2 cm³/mol. The highest BCUT2D eigenvalue weighted by molar-refractivity contribution is 7.86. The van der Waals surface area contributed by atoms with Gasteiger partial charge in [0.1, 0.15) is 0 Å². The Labute approximate surface area is 72.7 Å². The summed E-state index contributed by atoms with van der Waals surface area (Å²) in [4.78, 5) is 0. The van der Waals surface area contributed by atoms with Gasteiger partial charge in [-0.15, -0.1) is 0 Å². The molecule has 0 aromatic rings. The first-order valence-electron chi connectivity index (χ1n) is 4.04. The maximum absolute atomic E-state index is 10.7. The minimum atomic E-state index is -3.32. The highest BCUT2D eigenvalue weighted by atomic mass is 32.2. The summed E-state index contributed by atoms with van der Waals surface area (Å²) in [6.07, 6.45) is 3.11. The van der Waals surface area contributed by atoms with Gasteiger partial charge in [-0.1, -0.05) is 0 Å². The van der Waals surface area contributed by atoms with Gasteiger partial charge in [-0.05, 0) is 25.7 Å². The Bertz CT molecular complexity index is 226. The molecule has 1 saturated carbocycles. The maximum atomic E-state index is 10.7. The van der Waals surface area contributed by atoms with E-state index >= 15 is 0 Å². The van der Waals surface area contributed by atoms with Crippen molar-refractivity contribution >= 4 is 10.1 Å². The molecule has 1 aliphatic carbocycles. The minimum absolute atomic E-state index is 0.219. The molecule has 0 unspecified atom stereocenters. The van der Waals surface area contributed by atoms with E-state index < -0.39 is 10.1 Å². The fraction of sp³-hybridized carbons (Fsp3) is 1.00. The second-order valence-electron chi connectivity index (χ2n) is 3.23. The summed E-state index contributed by atoms with van der Waals surface area (Å²) in [7, 11) is -3.32. The van der Waals surface area contributed by atoms with Crippen molar-refractivity contribution in [3.63, 3.8) is 0 Å². The average Bonchev–Trinajstić information content (AvgIpc) is 1.91. The minimum Gasteiger partial charge on any atom is -0.393 e. The molecule has 0 aromatic heterocycles. The predicted octanol–water partition coefficient (Wildman–Crippen LogP) is 0.266. The molecular formula is C7H14O4S. The van der Waals surface area contributed by atoms with Crippen molar-refractivity contribution in [2.24, 2.45) is 0 Å². The van der Waals surface area contributed by atoms with Crippen LogP contribution < -0.4 is 0 Å². The molecule has 4 nitrogen and oxygen atoms in total. The zero-order valence-electron chi connectivity index (χ0n) is 7.06. The Balaban J connectivity index is 2.36. The lowest BCUT2D eigenvalue weighted by molar-refractivity contribution is 0.0700. The smallest absolute Gasteiger partial charge is 0.264 e. The van der Waals surface area contributed by atoms with Crippen LogP contribution in [0, 0.1) is 0 Å². The van der Waals surface area contributed by atoms with Gasteiger partial charge in [-0.3, -0.25) is 4.18 Å². The summed E-state index contributed by atoms with van der Waals surface area (Å²) < 4.78 is 26.2. The second kappa shape index (κ2) is 3.72. The van der Waals surface area contributed by atoms with E-state index in [1.54, 1.807) is 0 Å². The van der Waals surface area contributed by atoms with Crippen LogP contribution in [-0.2, 0) is 14.3 Å². The zero-order valence-corrected chi connectivity index (χ0v) is 7.88. The molecule has 1 fully saturated rings. The van der Waals surface area contributed by atoms with Gasteiger partial charge in [0, 0.05) is 0 Å². The molecule has 12 heavy (non-hydrogen) atoms. The van der Waals surface area contributed by atoms with Crippen molar-refractivity contribution in [1.29, 1.82) is 0 Å². The molecule has 0 saturated heterocycles.